The summed E-state index contributed by atoms with van der Waals surface area (Å²) in [5, 5.41) is 10.1. The highest BCUT2D eigenvalue weighted by atomic mass is 16.3. The molecule has 0 radical (unpaired) electrons. The van der Waals surface area contributed by atoms with Crippen molar-refractivity contribution in [3.63, 3.8) is 0 Å². The van der Waals surface area contributed by atoms with E-state index in [-0.39, 0.29) is 0 Å². The molecule has 5 heteroatoms. The van der Waals surface area contributed by atoms with Gasteiger partial charge in [-0.25, -0.2) is 9.97 Å². The third-order valence-corrected chi connectivity index (χ3v) is 3.02. The summed E-state index contributed by atoms with van der Waals surface area (Å²) in [5.41, 5.74) is 1.17. The van der Waals surface area contributed by atoms with Gasteiger partial charge in [0.25, 0.3) is 0 Å². The van der Waals surface area contributed by atoms with Crippen molar-refractivity contribution in [2.24, 2.45) is 0 Å². The number of para-hydroxylation sites is 1. The minimum absolute atomic E-state index is 0.311. The molecule has 2 aromatic heterocycles. The van der Waals surface area contributed by atoms with Crippen LogP contribution in [0.25, 0.3) is 11.0 Å². The minimum atomic E-state index is 0.311. The van der Waals surface area contributed by atoms with Crippen molar-refractivity contribution >= 4 is 16.8 Å². The average molecular weight is 264 g/mol. The molecule has 0 saturated carbocycles. The molecule has 0 amide bonds. The Bertz CT molecular complexity index is 755. The first-order chi connectivity index (χ1) is 9.78. The number of anilines is 1. The Morgan fingerprint density at radius 1 is 1.25 bits per heavy atom. The fraction of sp³-hybridized carbons (Fsp3) is 0.133. The van der Waals surface area contributed by atoms with Gasteiger partial charge in [-0.3, -0.25) is 0 Å². The Labute approximate surface area is 116 Å². The zero-order valence-corrected chi connectivity index (χ0v) is 10.9. The zero-order valence-electron chi connectivity index (χ0n) is 10.9. The SMILES string of the molecule is CN(Cc1cc2ccccc2o1)c1nccnc1C#N. The molecular weight excluding hydrogens is 252 g/mol. The van der Waals surface area contributed by atoms with Gasteiger partial charge in [-0.05, 0) is 12.1 Å². The molecule has 0 aliphatic heterocycles. The van der Waals surface area contributed by atoms with Gasteiger partial charge in [0.1, 0.15) is 17.4 Å². The predicted octanol–water partition coefficient (Wildman–Crippen LogP) is 2.73. The lowest BCUT2D eigenvalue weighted by Gasteiger charge is -2.16. The van der Waals surface area contributed by atoms with Crippen LogP contribution in [0, 0.1) is 11.3 Å². The van der Waals surface area contributed by atoms with E-state index in [4.69, 9.17) is 9.68 Å². The molecule has 0 N–H and O–H groups in total. The first-order valence-electron chi connectivity index (χ1n) is 6.17. The van der Waals surface area contributed by atoms with Gasteiger partial charge in [0.15, 0.2) is 11.5 Å². The molecule has 98 valence electrons. The number of hydrogen-bond donors (Lipinski definition) is 0. The van der Waals surface area contributed by atoms with Crippen LogP contribution in [0.5, 0.6) is 0 Å². The van der Waals surface area contributed by atoms with E-state index >= 15 is 0 Å². The van der Waals surface area contributed by atoms with Crippen LogP contribution in [0.1, 0.15) is 11.5 Å². The van der Waals surface area contributed by atoms with E-state index in [1.807, 2.05) is 48.3 Å². The Hall–Kier alpha value is -2.87. The third-order valence-electron chi connectivity index (χ3n) is 3.02. The van der Waals surface area contributed by atoms with E-state index < -0.39 is 0 Å². The first kappa shape index (κ1) is 12.2. The lowest BCUT2D eigenvalue weighted by atomic mass is 10.2. The van der Waals surface area contributed by atoms with Gasteiger partial charge < -0.3 is 9.32 Å². The normalized spacial score (nSPS) is 10.4. The number of benzene rings is 1. The summed E-state index contributed by atoms with van der Waals surface area (Å²) in [7, 11) is 1.86. The number of rotatable bonds is 3. The molecule has 20 heavy (non-hydrogen) atoms. The third kappa shape index (κ3) is 2.19. The molecule has 0 fully saturated rings. The molecule has 0 atom stereocenters. The maximum absolute atomic E-state index is 9.05. The van der Waals surface area contributed by atoms with Crippen molar-refractivity contribution in [3.05, 3.63) is 54.2 Å². The summed E-state index contributed by atoms with van der Waals surface area (Å²) >= 11 is 0. The monoisotopic (exact) mass is 264 g/mol. The average Bonchev–Trinajstić information content (AvgIpc) is 2.89. The molecule has 0 bridgehead atoms. The fourth-order valence-electron chi connectivity index (χ4n) is 2.11. The first-order valence-corrected chi connectivity index (χ1v) is 6.17. The van der Waals surface area contributed by atoms with E-state index in [0.29, 0.717) is 18.1 Å². The number of nitriles is 1. The van der Waals surface area contributed by atoms with Crippen LogP contribution in [-0.4, -0.2) is 17.0 Å². The topological polar surface area (TPSA) is 66.0 Å². The number of furan rings is 1. The molecule has 0 saturated heterocycles. The van der Waals surface area contributed by atoms with Crippen LogP contribution in [0.15, 0.2) is 47.1 Å². The van der Waals surface area contributed by atoms with Crippen LogP contribution in [0.4, 0.5) is 5.82 Å². The minimum Gasteiger partial charge on any atom is -0.459 e. The summed E-state index contributed by atoms with van der Waals surface area (Å²) in [5.74, 6) is 1.37. The molecule has 2 heterocycles. The molecule has 3 rings (SSSR count). The molecule has 0 aliphatic carbocycles. The standard InChI is InChI=1S/C15H12N4O/c1-19(15-13(9-16)17-6-7-18-15)10-12-8-11-4-2-3-5-14(11)20-12/h2-8H,10H2,1H3. The highest BCUT2D eigenvalue weighted by Crippen LogP contribution is 2.21. The van der Waals surface area contributed by atoms with Crippen molar-refractivity contribution in [1.29, 1.82) is 5.26 Å². The van der Waals surface area contributed by atoms with Gasteiger partial charge in [-0.15, -0.1) is 0 Å². The summed E-state index contributed by atoms with van der Waals surface area (Å²) in [6.45, 7) is 0.530. The van der Waals surface area contributed by atoms with Gasteiger partial charge in [-0.2, -0.15) is 5.26 Å². The molecule has 1 aromatic carbocycles. The van der Waals surface area contributed by atoms with E-state index in [1.165, 1.54) is 6.20 Å². The molecular formula is C15H12N4O. The number of aromatic nitrogens is 2. The van der Waals surface area contributed by atoms with Crippen molar-refractivity contribution in [2.75, 3.05) is 11.9 Å². The summed E-state index contributed by atoms with van der Waals surface area (Å²) < 4.78 is 5.76. The quantitative estimate of drug-likeness (QED) is 0.727. The maximum Gasteiger partial charge on any atom is 0.183 e. The molecule has 5 nitrogen and oxygen atoms in total. The predicted molar refractivity (Wildman–Crippen MR) is 75.1 cm³/mol. The van der Waals surface area contributed by atoms with E-state index in [9.17, 15) is 0 Å². The Kier molecular flexibility index (Phi) is 3.05. The van der Waals surface area contributed by atoms with Crippen molar-refractivity contribution in [2.45, 2.75) is 6.54 Å². The number of hydrogen-bond acceptors (Lipinski definition) is 5. The van der Waals surface area contributed by atoms with Crippen molar-refractivity contribution < 1.29 is 4.42 Å². The smallest absolute Gasteiger partial charge is 0.183 e. The Morgan fingerprint density at radius 2 is 2.05 bits per heavy atom. The van der Waals surface area contributed by atoms with Crippen LogP contribution in [0.2, 0.25) is 0 Å². The lowest BCUT2D eigenvalue weighted by Crippen LogP contribution is -2.19. The second-order valence-electron chi connectivity index (χ2n) is 4.45. The van der Waals surface area contributed by atoms with Crippen molar-refractivity contribution in [1.82, 2.24) is 9.97 Å². The number of nitrogens with zero attached hydrogens (tertiary/aromatic N) is 4. The van der Waals surface area contributed by atoms with Crippen LogP contribution >= 0.6 is 0 Å². The van der Waals surface area contributed by atoms with E-state index in [0.717, 1.165) is 16.7 Å². The van der Waals surface area contributed by atoms with Crippen molar-refractivity contribution in [3.8, 4) is 6.07 Å². The largest absolute Gasteiger partial charge is 0.459 e. The zero-order chi connectivity index (χ0) is 13.9. The molecule has 0 spiro atoms. The van der Waals surface area contributed by atoms with Gasteiger partial charge >= 0.3 is 0 Å². The maximum atomic E-state index is 9.05. The summed E-state index contributed by atoms with van der Waals surface area (Å²) in [6, 6.07) is 11.9. The molecule has 0 aliphatic rings. The Balaban J connectivity index is 1.88. The Morgan fingerprint density at radius 3 is 2.85 bits per heavy atom. The van der Waals surface area contributed by atoms with E-state index in [2.05, 4.69) is 9.97 Å². The summed E-state index contributed by atoms with van der Waals surface area (Å²) in [4.78, 5) is 10.1. The van der Waals surface area contributed by atoms with Crippen LogP contribution < -0.4 is 4.90 Å². The highest BCUT2D eigenvalue weighted by Gasteiger charge is 2.12. The number of fused-ring (bicyclic) bond motifs is 1. The second kappa shape index (κ2) is 5.02. The van der Waals surface area contributed by atoms with Gasteiger partial charge in [0, 0.05) is 24.8 Å². The molecule has 3 aromatic rings. The van der Waals surface area contributed by atoms with Gasteiger partial charge in [-0.1, -0.05) is 18.2 Å². The van der Waals surface area contributed by atoms with Crippen LogP contribution in [-0.2, 0) is 6.54 Å². The van der Waals surface area contributed by atoms with E-state index in [1.54, 1.807) is 6.20 Å². The highest BCUT2D eigenvalue weighted by molar-refractivity contribution is 5.77. The lowest BCUT2D eigenvalue weighted by molar-refractivity contribution is 0.545. The summed E-state index contributed by atoms with van der Waals surface area (Å²) in [6.07, 6.45) is 3.09. The van der Waals surface area contributed by atoms with Gasteiger partial charge in [0.2, 0.25) is 0 Å². The van der Waals surface area contributed by atoms with Gasteiger partial charge in [0.05, 0.1) is 6.54 Å². The fourth-order valence-corrected chi connectivity index (χ4v) is 2.11. The molecule has 0 unspecified atom stereocenters. The second-order valence-corrected chi connectivity index (χ2v) is 4.45. The van der Waals surface area contributed by atoms with Crippen LogP contribution in [0.3, 0.4) is 0 Å².